The van der Waals surface area contributed by atoms with Crippen molar-refractivity contribution in [3.8, 4) is 0 Å². The van der Waals surface area contributed by atoms with Gasteiger partial charge in [-0.25, -0.2) is 0 Å². The van der Waals surface area contributed by atoms with E-state index in [-0.39, 0.29) is 11.8 Å². The highest BCUT2D eigenvalue weighted by Gasteiger charge is 2.48. The van der Waals surface area contributed by atoms with E-state index < -0.39 is 4.87 Å². The van der Waals surface area contributed by atoms with E-state index in [9.17, 15) is 4.79 Å². The smallest absolute Gasteiger partial charge is 0.155 e. The fourth-order valence-corrected chi connectivity index (χ4v) is 1.97. The second-order valence-corrected chi connectivity index (χ2v) is 5.12. The standard InChI is InChI=1S/C10H16ClNO2/c1-7-5-14-6-8(12-7)4-9(13)10(11)2-3-10/h7-8,12H,2-6H2,1H3. The molecular formula is C10H16ClNO2. The van der Waals surface area contributed by atoms with Crippen molar-refractivity contribution in [3.63, 3.8) is 0 Å². The highest BCUT2D eigenvalue weighted by atomic mass is 35.5. The van der Waals surface area contributed by atoms with E-state index in [2.05, 4.69) is 12.2 Å². The molecule has 1 N–H and O–H groups in total. The van der Waals surface area contributed by atoms with Crippen LogP contribution in [0.2, 0.25) is 0 Å². The van der Waals surface area contributed by atoms with Crippen LogP contribution in [0.15, 0.2) is 0 Å². The van der Waals surface area contributed by atoms with Gasteiger partial charge < -0.3 is 10.1 Å². The largest absolute Gasteiger partial charge is 0.378 e. The summed E-state index contributed by atoms with van der Waals surface area (Å²) in [4.78, 5) is 11.2. The van der Waals surface area contributed by atoms with Crippen molar-refractivity contribution >= 4 is 17.4 Å². The molecule has 2 aliphatic rings. The molecular weight excluding hydrogens is 202 g/mol. The fraction of sp³-hybridized carbons (Fsp3) is 0.900. The Bertz CT molecular complexity index is 240. The Morgan fingerprint density at radius 3 is 2.86 bits per heavy atom. The normalized spacial score (nSPS) is 35.3. The van der Waals surface area contributed by atoms with E-state index in [0.29, 0.717) is 19.1 Å². The number of carbonyl (C=O) groups excluding carboxylic acids is 1. The van der Waals surface area contributed by atoms with Crippen molar-refractivity contribution in [2.75, 3.05) is 13.2 Å². The summed E-state index contributed by atoms with van der Waals surface area (Å²) >= 11 is 6.03. The van der Waals surface area contributed by atoms with E-state index >= 15 is 0 Å². The van der Waals surface area contributed by atoms with Crippen LogP contribution in [0.25, 0.3) is 0 Å². The van der Waals surface area contributed by atoms with Crippen molar-refractivity contribution in [2.45, 2.75) is 43.1 Å². The Morgan fingerprint density at radius 1 is 1.57 bits per heavy atom. The second-order valence-electron chi connectivity index (χ2n) is 4.39. The second kappa shape index (κ2) is 3.80. The Morgan fingerprint density at radius 2 is 2.29 bits per heavy atom. The van der Waals surface area contributed by atoms with Crippen LogP contribution < -0.4 is 5.32 Å². The third-order valence-electron chi connectivity index (χ3n) is 2.83. The number of morpholine rings is 1. The number of ketones is 1. The highest BCUT2D eigenvalue weighted by molar-refractivity contribution is 6.37. The van der Waals surface area contributed by atoms with Gasteiger partial charge in [0.25, 0.3) is 0 Å². The van der Waals surface area contributed by atoms with Crippen molar-refractivity contribution in [3.05, 3.63) is 0 Å². The molecule has 0 aromatic carbocycles. The summed E-state index contributed by atoms with van der Waals surface area (Å²) in [5, 5.41) is 3.34. The number of halogens is 1. The molecule has 2 rings (SSSR count). The SMILES string of the molecule is CC1COCC(CC(=O)C2(Cl)CC2)N1. The first kappa shape index (κ1) is 10.4. The van der Waals surface area contributed by atoms with E-state index in [1.165, 1.54) is 0 Å². The lowest BCUT2D eigenvalue weighted by molar-refractivity contribution is -0.120. The van der Waals surface area contributed by atoms with Crippen molar-refractivity contribution in [1.82, 2.24) is 5.32 Å². The molecule has 1 aliphatic heterocycles. The number of carbonyl (C=O) groups is 1. The maximum atomic E-state index is 11.7. The lowest BCUT2D eigenvalue weighted by Gasteiger charge is -2.28. The van der Waals surface area contributed by atoms with Crippen LogP contribution in [0.1, 0.15) is 26.2 Å². The van der Waals surface area contributed by atoms with Gasteiger partial charge in [-0.2, -0.15) is 0 Å². The number of alkyl halides is 1. The van der Waals surface area contributed by atoms with Gasteiger partial charge in [-0.3, -0.25) is 4.79 Å². The zero-order chi connectivity index (χ0) is 10.2. The maximum absolute atomic E-state index is 11.7. The number of ether oxygens (including phenoxy) is 1. The molecule has 0 bridgehead atoms. The molecule has 1 saturated heterocycles. The van der Waals surface area contributed by atoms with Gasteiger partial charge in [0.2, 0.25) is 0 Å². The van der Waals surface area contributed by atoms with Crippen LogP contribution in [-0.4, -0.2) is 36.0 Å². The van der Waals surface area contributed by atoms with E-state index in [1.807, 2.05) is 0 Å². The van der Waals surface area contributed by atoms with Crippen molar-refractivity contribution in [2.24, 2.45) is 0 Å². The summed E-state index contributed by atoms with van der Waals surface area (Å²) in [7, 11) is 0. The van der Waals surface area contributed by atoms with E-state index in [4.69, 9.17) is 16.3 Å². The average Bonchev–Trinajstić information content (AvgIpc) is 2.85. The number of nitrogens with one attached hydrogen (secondary N) is 1. The molecule has 1 saturated carbocycles. The minimum absolute atomic E-state index is 0.155. The quantitative estimate of drug-likeness (QED) is 0.720. The van der Waals surface area contributed by atoms with Gasteiger partial charge in [-0.05, 0) is 19.8 Å². The molecule has 1 heterocycles. The average molecular weight is 218 g/mol. The monoisotopic (exact) mass is 217 g/mol. The van der Waals surface area contributed by atoms with Crippen LogP contribution >= 0.6 is 11.6 Å². The Kier molecular flexibility index (Phi) is 2.82. The molecule has 0 aromatic heterocycles. The number of Topliss-reactive ketones (excluding diaryl/α,β-unsaturated/α-hetero) is 1. The molecule has 80 valence electrons. The molecule has 0 aromatic rings. The summed E-state index contributed by atoms with van der Waals surface area (Å²) in [6.45, 7) is 3.42. The number of rotatable bonds is 3. The van der Waals surface area contributed by atoms with Crippen LogP contribution in [0.3, 0.4) is 0 Å². The highest BCUT2D eigenvalue weighted by Crippen LogP contribution is 2.44. The summed E-state index contributed by atoms with van der Waals surface area (Å²) < 4.78 is 5.37. The maximum Gasteiger partial charge on any atom is 0.155 e. The van der Waals surface area contributed by atoms with Crippen molar-refractivity contribution < 1.29 is 9.53 Å². The van der Waals surface area contributed by atoms with Gasteiger partial charge in [0.15, 0.2) is 5.78 Å². The third-order valence-corrected chi connectivity index (χ3v) is 3.42. The van der Waals surface area contributed by atoms with Crippen LogP contribution in [-0.2, 0) is 9.53 Å². The van der Waals surface area contributed by atoms with E-state index in [1.54, 1.807) is 0 Å². The summed E-state index contributed by atoms with van der Waals surface area (Å²) in [5.41, 5.74) is 0. The summed E-state index contributed by atoms with van der Waals surface area (Å²) in [5.74, 6) is 0.175. The topological polar surface area (TPSA) is 38.3 Å². The van der Waals surface area contributed by atoms with Crippen LogP contribution in [0.4, 0.5) is 0 Å². The third kappa shape index (κ3) is 2.27. The number of hydrogen-bond acceptors (Lipinski definition) is 3. The van der Waals surface area contributed by atoms with E-state index in [0.717, 1.165) is 19.4 Å². The summed E-state index contributed by atoms with van der Waals surface area (Å²) in [6, 6.07) is 0.495. The minimum Gasteiger partial charge on any atom is -0.378 e. The lowest BCUT2D eigenvalue weighted by Crippen LogP contribution is -2.48. The first-order valence-corrected chi connectivity index (χ1v) is 5.54. The van der Waals surface area contributed by atoms with Gasteiger partial charge in [-0.1, -0.05) is 0 Å². The molecule has 2 unspecified atom stereocenters. The zero-order valence-corrected chi connectivity index (χ0v) is 9.14. The molecule has 0 spiro atoms. The fourth-order valence-electron chi connectivity index (χ4n) is 1.80. The molecule has 2 atom stereocenters. The zero-order valence-electron chi connectivity index (χ0n) is 8.38. The van der Waals surface area contributed by atoms with Gasteiger partial charge >= 0.3 is 0 Å². The molecule has 0 amide bonds. The van der Waals surface area contributed by atoms with Gasteiger partial charge in [0.1, 0.15) is 4.87 Å². The van der Waals surface area contributed by atoms with Crippen LogP contribution in [0, 0.1) is 0 Å². The minimum atomic E-state index is -0.512. The predicted octanol–water partition coefficient (Wildman–Crippen LogP) is 1.09. The molecule has 2 fully saturated rings. The van der Waals surface area contributed by atoms with Gasteiger partial charge in [0, 0.05) is 18.5 Å². The molecule has 3 nitrogen and oxygen atoms in total. The van der Waals surface area contributed by atoms with Crippen molar-refractivity contribution in [1.29, 1.82) is 0 Å². The molecule has 1 aliphatic carbocycles. The lowest BCUT2D eigenvalue weighted by atomic mass is 10.1. The van der Waals surface area contributed by atoms with Crippen LogP contribution in [0.5, 0.6) is 0 Å². The Balaban J connectivity index is 1.81. The Hall–Kier alpha value is -0.120. The number of hydrogen-bond donors (Lipinski definition) is 1. The van der Waals surface area contributed by atoms with Gasteiger partial charge in [0.05, 0.1) is 13.2 Å². The molecule has 4 heteroatoms. The Labute approximate surface area is 89.1 Å². The predicted molar refractivity (Wildman–Crippen MR) is 54.6 cm³/mol. The van der Waals surface area contributed by atoms with Gasteiger partial charge in [-0.15, -0.1) is 11.6 Å². The first-order chi connectivity index (χ1) is 6.60. The molecule has 0 radical (unpaired) electrons. The first-order valence-electron chi connectivity index (χ1n) is 5.16. The molecule has 14 heavy (non-hydrogen) atoms. The summed E-state index contributed by atoms with van der Waals surface area (Å²) in [6.07, 6.45) is 2.20.